The van der Waals surface area contributed by atoms with E-state index in [9.17, 15) is 4.79 Å². The van der Waals surface area contributed by atoms with Gasteiger partial charge in [-0.2, -0.15) is 0 Å². The Kier molecular flexibility index (Phi) is 8.91. The maximum absolute atomic E-state index is 13.1. The van der Waals surface area contributed by atoms with Crippen molar-refractivity contribution in [1.29, 1.82) is 0 Å². The van der Waals surface area contributed by atoms with Gasteiger partial charge in [0.1, 0.15) is 12.4 Å². The molecule has 0 saturated carbocycles. The number of hydrogen-bond donors (Lipinski definition) is 0. The average Bonchev–Trinajstić information content (AvgIpc) is 3.58. The summed E-state index contributed by atoms with van der Waals surface area (Å²) in [6, 6.07) is 29.0. The molecule has 0 radical (unpaired) electrons. The molecule has 44 heavy (non-hydrogen) atoms. The van der Waals surface area contributed by atoms with Crippen molar-refractivity contribution in [2.45, 2.75) is 43.9 Å². The van der Waals surface area contributed by atoms with E-state index >= 15 is 0 Å². The Labute approximate surface area is 262 Å². The van der Waals surface area contributed by atoms with Crippen molar-refractivity contribution >= 4 is 23.5 Å². The van der Waals surface area contributed by atoms with Crippen molar-refractivity contribution in [1.82, 2.24) is 15.1 Å². The third kappa shape index (κ3) is 6.05. The van der Waals surface area contributed by atoms with Crippen molar-refractivity contribution in [3.8, 4) is 0 Å². The summed E-state index contributed by atoms with van der Waals surface area (Å²) in [5.74, 6) is -0.233. The molecule has 6 rings (SSSR count). The summed E-state index contributed by atoms with van der Waals surface area (Å²) in [5.41, 5.74) is 4.73. The first-order valence-corrected chi connectivity index (χ1v) is 15.3. The molecular weight excluding hydrogens is 576 g/mol. The number of carbonyl (C=O) groups excluding carboxylic acids is 1. The lowest BCUT2D eigenvalue weighted by Gasteiger charge is -2.43. The Morgan fingerprint density at radius 1 is 0.932 bits per heavy atom. The van der Waals surface area contributed by atoms with E-state index in [4.69, 9.17) is 25.5 Å². The van der Waals surface area contributed by atoms with Crippen LogP contribution in [0, 0.1) is 0 Å². The zero-order valence-electron chi connectivity index (χ0n) is 24.9. The summed E-state index contributed by atoms with van der Waals surface area (Å²) in [7, 11) is 0. The number of allylic oxidation sites excluding steroid dienone is 2. The summed E-state index contributed by atoms with van der Waals surface area (Å²) < 4.78 is 17.1. The third-order valence-electron chi connectivity index (χ3n) is 8.83. The molecule has 1 saturated heterocycles. The van der Waals surface area contributed by atoms with E-state index in [1.54, 1.807) is 13.0 Å². The number of hydrogen-bond acceptors (Lipinski definition) is 8. The van der Waals surface area contributed by atoms with Gasteiger partial charge in [0.2, 0.25) is 12.3 Å². The molecule has 0 spiro atoms. The Balaban J connectivity index is 1.12. The van der Waals surface area contributed by atoms with E-state index in [1.807, 2.05) is 25.1 Å². The van der Waals surface area contributed by atoms with Crippen LogP contribution < -0.4 is 0 Å². The first kappa shape index (κ1) is 29.8. The number of nitrogens with zero attached hydrogens (tertiary/aromatic N) is 4. The normalized spacial score (nSPS) is 20.2. The molecule has 1 fully saturated rings. The van der Waals surface area contributed by atoms with E-state index < -0.39 is 18.0 Å². The molecular formula is C35H35ClN4O4. The summed E-state index contributed by atoms with van der Waals surface area (Å²) in [4.78, 5) is 20.1. The van der Waals surface area contributed by atoms with Crippen molar-refractivity contribution in [2.75, 3.05) is 26.2 Å². The monoisotopic (exact) mass is 610 g/mol. The zero-order chi connectivity index (χ0) is 30.5. The highest BCUT2D eigenvalue weighted by Gasteiger charge is 2.41. The second-order valence-electron chi connectivity index (χ2n) is 11.3. The number of ether oxygens (including phenoxy) is 2. The van der Waals surface area contributed by atoms with Crippen LogP contribution in [0.15, 0.2) is 112 Å². The zero-order valence-corrected chi connectivity index (χ0v) is 25.6. The number of rotatable bonds is 8. The van der Waals surface area contributed by atoms with E-state index in [2.05, 4.69) is 80.8 Å². The van der Waals surface area contributed by atoms with E-state index in [-0.39, 0.29) is 12.0 Å². The van der Waals surface area contributed by atoms with Gasteiger partial charge < -0.3 is 13.9 Å². The van der Waals surface area contributed by atoms with Crippen molar-refractivity contribution in [2.24, 2.45) is 4.99 Å². The van der Waals surface area contributed by atoms with Gasteiger partial charge in [-0.3, -0.25) is 9.89 Å². The minimum atomic E-state index is -0.782. The van der Waals surface area contributed by atoms with Crippen molar-refractivity contribution in [3.63, 3.8) is 0 Å². The Bertz CT molecular complexity index is 1590. The third-order valence-corrected chi connectivity index (χ3v) is 9.18. The standard InChI is InChI=1S/C35H35ClN4O4/c1-24-30(33-39-37-23-43-33)31(28-15-9-10-16-29(28)36)32(25(2)38-24)44-34(41)42-22-21-40-19-17-35(18-20-40,26-11-5-3-6-12-26)27-13-7-4-8-14-27/h3-16,23,30-31H,17-22H2,1-2H3. The lowest BCUT2D eigenvalue weighted by molar-refractivity contribution is 0.0576. The maximum Gasteiger partial charge on any atom is 0.513 e. The van der Waals surface area contributed by atoms with Gasteiger partial charge >= 0.3 is 6.16 Å². The number of aromatic nitrogens is 2. The van der Waals surface area contributed by atoms with Crippen LogP contribution >= 0.6 is 11.6 Å². The number of likely N-dealkylation sites (tertiary alicyclic amines) is 1. The number of halogens is 1. The highest BCUT2D eigenvalue weighted by Crippen LogP contribution is 2.46. The Hall–Kier alpha value is -4.27. The molecule has 2 unspecified atom stereocenters. The second kappa shape index (κ2) is 13.2. The summed E-state index contributed by atoms with van der Waals surface area (Å²) in [6.45, 7) is 6.30. The van der Waals surface area contributed by atoms with Crippen LogP contribution in [-0.2, 0) is 14.9 Å². The van der Waals surface area contributed by atoms with Crippen LogP contribution in [0.3, 0.4) is 0 Å². The fourth-order valence-electron chi connectivity index (χ4n) is 6.62. The number of aliphatic imine (C=N–C) groups is 1. The molecule has 8 nitrogen and oxygen atoms in total. The lowest BCUT2D eigenvalue weighted by atomic mass is 9.68. The minimum absolute atomic E-state index is 0.0366. The van der Waals surface area contributed by atoms with Gasteiger partial charge in [0.15, 0.2) is 0 Å². The average molecular weight is 611 g/mol. The van der Waals surface area contributed by atoms with Gasteiger partial charge in [-0.1, -0.05) is 90.5 Å². The second-order valence-corrected chi connectivity index (χ2v) is 11.7. The predicted octanol–water partition coefficient (Wildman–Crippen LogP) is 7.53. The lowest BCUT2D eigenvalue weighted by Crippen LogP contribution is -2.44. The predicted molar refractivity (Wildman–Crippen MR) is 169 cm³/mol. The fourth-order valence-corrected chi connectivity index (χ4v) is 6.88. The Morgan fingerprint density at radius 3 is 2.18 bits per heavy atom. The molecule has 0 bridgehead atoms. The van der Waals surface area contributed by atoms with Crippen LogP contribution in [0.4, 0.5) is 4.79 Å². The molecule has 2 aliphatic rings. The largest absolute Gasteiger partial charge is 0.513 e. The molecule has 4 aromatic rings. The summed E-state index contributed by atoms with van der Waals surface area (Å²) in [5, 5.41) is 8.54. The molecule has 226 valence electrons. The highest BCUT2D eigenvalue weighted by molar-refractivity contribution is 6.31. The fraction of sp³-hybridized carbons (Fsp3) is 0.314. The molecule has 9 heteroatoms. The van der Waals surface area contributed by atoms with Gasteiger partial charge in [-0.25, -0.2) is 4.79 Å². The van der Waals surface area contributed by atoms with Crippen molar-refractivity contribution in [3.05, 3.63) is 130 Å². The van der Waals surface area contributed by atoms with E-state index in [0.29, 0.717) is 28.9 Å². The van der Waals surface area contributed by atoms with Crippen LogP contribution in [0.2, 0.25) is 5.02 Å². The van der Waals surface area contributed by atoms with E-state index in [0.717, 1.165) is 37.2 Å². The van der Waals surface area contributed by atoms with Crippen LogP contribution in [0.25, 0.3) is 0 Å². The first-order chi connectivity index (χ1) is 21.5. The van der Waals surface area contributed by atoms with Crippen molar-refractivity contribution < 1.29 is 18.7 Å². The van der Waals surface area contributed by atoms with Crippen LogP contribution in [-0.4, -0.2) is 53.2 Å². The minimum Gasteiger partial charge on any atom is -0.433 e. The molecule has 2 aliphatic heterocycles. The van der Waals surface area contributed by atoms with Crippen LogP contribution in [0.1, 0.15) is 61.1 Å². The van der Waals surface area contributed by atoms with Gasteiger partial charge in [0.25, 0.3) is 0 Å². The molecule has 2 atom stereocenters. The Morgan fingerprint density at radius 2 is 1.57 bits per heavy atom. The van der Waals surface area contributed by atoms with Gasteiger partial charge in [0.05, 0.1) is 17.5 Å². The summed E-state index contributed by atoms with van der Waals surface area (Å²) in [6.07, 6.45) is 2.45. The van der Waals surface area contributed by atoms with Gasteiger partial charge in [-0.05, 0) is 62.5 Å². The number of carbonyl (C=O) groups is 1. The smallest absolute Gasteiger partial charge is 0.433 e. The molecule has 0 N–H and O–H groups in total. The van der Waals surface area contributed by atoms with Crippen LogP contribution in [0.5, 0.6) is 0 Å². The van der Waals surface area contributed by atoms with Gasteiger partial charge in [0, 0.05) is 22.7 Å². The van der Waals surface area contributed by atoms with Gasteiger partial charge in [-0.15, -0.1) is 10.2 Å². The first-order valence-electron chi connectivity index (χ1n) is 14.9. The quantitative estimate of drug-likeness (QED) is 0.190. The number of piperidine rings is 1. The number of benzene rings is 3. The summed E-state index contributed by atoms with van der Waals surface area (Å²) >= 11 is 6.64. The molecule has 0 aliphatic carbocycles. The molecule has 3 aromatic carbocycles. The molecule has 3 heterocycles. The maximum atomic E-state index is 13.1. The SMILES string of the molecule is CC1=NC(C)=C(OC(=O)OCCN2CCC(c3ccccc3)(c3ccccc3)CC2)C(c2ccccc2Cl)C1c1nnco1. The highest BCUT2D eigenvalue weighted by atomic mass is 35.5. The van der Waals surface area contributed by atoms with E-state index in [1.165, 1.54) is 17.5 Å². The topological polar surface area (TPSA) is 90.1 Å². The molecule has 0 amide bonds. The molecule has 1 aromatic heterocycles.